The van der Waals surface area contributed by atoms with Gasteiger partial charge < -0.3 is 10.6 Å². The number of nitrogens with one attached hydrogen (secondary N) is 2. The van der Waals surface area contributed by atoms with E-state index in [9.17, 15) is 14.4 Å². The number of benzene rings is 1. The molecule has 2 aromatic rings. The summed E-state index contributed by atoms with van der Waals surface area (Å²) >= 11 is 1.30. The Balaban J connectivity index is 2.03. The van der Waals surface area contributed by atoms with Crippen molar-refractivity contribution >= 4 is 46.0 Å². The highest BCUT2D eigenvalue weighted by Gasteiger charge is 2.17. The van der Waals surface area contributed by atoms with Crippen molar-refractivity contribution in [2.24, 2.45) is 0 Å². The highest BCUT2D eigenvalue weighted by Crippen LogP contribution is 2.28. The fraction of sp³-hybridized carbons (Fsp3) is 0.222. The Labute approximate surface area is 155 Å². The van der Waals surface area contributed by atoms with Crippen LogP contribution < -0.4 is 15.5 Å². The van der Waals surface area contributed by atoms with Crippen LogP contribution in [0, 0.1) is 0 Å². The van der Waals surface area contributed by atoms with Crippen LogP contribution in [-0.4, -0.2) is 35.8 Å². The topological polar surface area (TPSA) is 91.4 Å². The number of aromatic nitrogens is 1. The van der Waals surface area contributed by atoms with Crippen molar-refractivity contribution in [3.63, 3.8) is 0 Å². The number of hydrogen-bond donors (Lipinski definition) is 2. The second-order valence-electron chi connectivity index (χ2n) is 5.25. The number of rotatable bonds is 7. The third-order valence-electron chi connectivity index (χ3n) is 3.23. The fourth-order valence-corrected chi connectivity index (χ4v) is 2.96. The summed E-state index contributed by atoms with van der Waals surface area (Å²) in [5.74, 6) is -0.789. The van der Waals surface area contributed by atoms with Crippen LogP contribution in [0.5, 0.6) is 0 Å². The van der Waals surface area contributed by atoms with Gasteiger partial charge in [-0.05, 0) is 25.1 Å². The first kappa shape index (κ1) is 19.3. The Bertz CT molecular complexity index is 802. The molecule has 0 spiro atoms. The van der Waals surface area contributed by atoms with E-state index in [4.69, 9.17) is 0 Å². The minimum absolute atomic E-state index is 0.0779. The van der Waals surface area contributed by atoms with Crippen LogP contribution in [0.15, 0.2) is 41.8 Å². The van der Waals surface area contributed by atoms with Gasteiger partial charge in [0, 0.05) is 24.9 Å². The third kappa shape index (κ3) is 5.52. The van der Waals surface area contributed by atoms with Gasteiger partial charge in [0.25, 0.3) is 0 Å². The minimum atomic E-state index is -0.391. The molecule has 2 N–H and O–H groups in total. The maximum absolute atomic E-state index is 12.0. The number of anilines is 2. The van der Waals surface area contributed by atoms with E-state index in [1.807, 2.05) is 30.3 Å². The van der Waals surface area contributed by atoms with Crippen molar-refractivity contribution in [1.82, 2.24) is 15.6 Å². The number of amides is 3. The lowest BCUT2D eigenvalue weighted by Crippen LogP contribution is -2.35. The van der Waals surface area contributed by atoms with E-state index in [1.54, 1.807) is 12.3 Å². The molecule has 1 heterocycles. The average Bonchev–Trinajstić information content (AvgIpc) is 3.07. The Kier molecular flexibility index (Phi) is 7.04. The highest BCUT2D eigenvalue weighted by atomic mass is 32.1. The highest BCUT2D eigenvalue weighted by molar-refractivity contribution is 7.14. The maximum Gasteiger partial charge on any atom is 0.244 e. The van der Waals surface area contributed by atoms with Crippen LogP contribution in [0.2, 0.25) is 0 Å². The summed E-state index contributed by atoms with van der Waals surface area (Å²) < 4.78 is 0. The Morgan fingerprint density at radius 1 is 1.19 bits per heavy atom. The van der Waals surface area contributed by atoms with Gasteiger partial charge in [0.15, 0.2) is 5.13 Å². The van der Waals surface area contributed by atoms with Crippen molar-refractivity contribution in [1.29, 1.82) is 0 Å². The minimum Gasteiger partial charge on any atom is -0.355 e. The smallest absolute Gasteiger partial charge is 0.244 e. The molecule has 1 aromatic heterocycles. The molecule has 26 heavy (non-hydrogen) atoms. The van der Waals surface area contributed by atoms with Crippen molar-refractivity contribution in [2.45, 2.75) is 13.8 Å². The molecule has 0 unspecified atom stereocenters. The third-order valence-corrected chi connectivity index (χ3v) is 4.08. The summed E-state index contributed by atoms with van der Waals surface area (Å²) in [6.07, 6.45) is 2.84. The first-order chi connectivity index (χ1) is 12.5. The molecule has 0 atom stereocenters. The molecular formula is C18H20N4O3S. The van der Waals surface area contributed by atoms with E-state index >= 15 is 0 Å². The number of likely N-dealkylation sites (N-methyl/N-ethyl adjacent to an activating group) is 1. The van der Waals surface area contributed by atoms with E-state index < -0.39 is 5.91 Å². The summed E-state index contributed by atoms with van der Waals surface area (Å²) in [6, 6.07) is 9.22. The summed E-state index contributed by atoms with van der Waals surface area (Å²) in [5, 5.41) is 7.35. The van der Waals surface area contributed by atoms with E-state index in [0.717, 1.165) is 5.69 Å². The number of hydrogen-bond acceptors (Lipinski definition) is 5. The molecule has 0 saturated carbocycles. The van der Waals surface area contributed by atoms with Crippen molar-refractivity contribution in [3.05, 3.63) is 47.5 Å². The first-order valence-corrected chi connectivity index (χ1v) is 8.93. The van der Waals surface area contributed by atoms with Gasteiger partial charge in [-0.2, -0.15) is 0 Å². The predicted molar refractivity (Wildman–Crippen MR) is 102 cm³/mol. The zero-order valence-electron chi connectivity index (χ0n) is 14.6. The second-order valence-corrected chi connectivity index (χ2v) is 6.09. The van der Waals surface area contributed by atoms with Gasteiger partial charge in [0.05, 0.1) is 17.9 Å². The molecule has 3 amide bonds. The molecule has 0 bridgehead atoms. The second kappa shape index (κ2) is 9.47. The normalized spacial score (nSPS) is 10.5. The molecular weight excluding hydrogens is 352 g/mol. The summed E-state index contributed by atoms with van der Waals surface area (Å²) in [6.45, 7) is 3.71. The Morgan fingerprint density at radius 3 is 2.58 bits per heavy atom. The van der Waals surface area contributed by atoms with Gasteiger partial charge in [0.1, 0.15) is 0 Å². The molecule has 7 nitrogen and oxygen atoms in total. The van der Waals surface area contributed by atoms with Crippen LogP contribution >= 0.6 is 11.3 Å². The number of para-hydroxylation sites is 1. The van der Waals surface area contributed by atoms with E-state index in [2.05, 4.69) is 15.6 Å². The van der Waals surface area contributed by atoms with E-state index in [1.165, 1.54) is 35.3 Å². The molecule has 136 valence electrons. The van der Waals surface area contributed by atoms with Gasteiger partial charge in [-0.15, -0.1) is 11.3 Å². The average molecular weight is 372 g/mol. The van der Waals surface area contributed by atoms with Crippen LogP contribution in [0.3, 0.4) is 0 Å². The molecule has 2 rings (SSSR count). The number of thiazole rings is 1. The van der Waals surface area contributed by atoms with Crippen molar-refractivity contribution in [3.8, 4) is 0 Å². The fourth-order valence-electron chi connectivity index (χ4n) is 2.11. The Morgan fingerprint density at radius 2 is 1.92 bits per heavy atom. The number of nitrogens with zero attached hydrogens (tertiary/aromatic N) is 2. The van der Waals surface area contributed by atoms with Gasteiger partial charge in [-0.1, -0.05) is 18.2 Å². The van der Waals surface area contributed by atoms with Crippen molar-refractivity contribution < 1.29 is 14.4 Å². The van der Waals surface area contributed by atoms with Crippen LogP contribution in [0.25, 0.3) is 6.08 Å². The molecule has 0 aliphatic rings. The summed E-state index contributed by atoms with van der Waals surface area (Å²) in [4.78, 5) is 40.9. The molecule has 0 aliphatic carbocycles. The van der Waals surface area contributed by atoms with Gasteiger partial charge in [-0.25, -0.2) is 4.98 Å². The van der Waals surface area contributed by atoms with Crippen LogP contribution in [0.1, 0.15) is 19.5 Å². The summed E-state index contributed by atoms with van der Waals surface area (Å²) in [7, 11) is 0. The molecule has 0 radical (unpaired) electrons. The Hall–Kier alpha value is -3.00. The molecule has 0 fully saturated rings. The van der Waals surface area contributed by atoms with Gasteiger partial charge in [0.2, 0.25) is 17.7 Å². The van der Waals surface area contributed by atoms with Gasteiger partial charge in [-0.3, -0.25) is 19.3 Å². The van der Waals surface area contributed by atoms with Crippen LogP contribution in [-0.2, 0) is 14.4 Å². The standard InChI is InChI=1S/C18H20N4O3S/c1-3-19-17(25)11-20-16(24)10-9-14-12-26-18(21-14)22(13(2)23)15-7-5-4-6-8-15/h4-10,12H,3,11H2,1-2H3,(H,19,25)(H,20,24)/b10-9+. The number of carbonyl (C=O) groups is 3. The van der Waals surface area contributed by atoms with Crippen LogP contribution in [0.4, 0.5) is 10.8 Å². The first-order valence-electron chi connectivity index (χ1n) is 8.05. The maximum atomic E-state index is 12.0. The lowest BCUT2D eigenvalue weighted by molar-refractivity contribution is -0.123. The zero-order chi connectivity index (χ0) is 18.9. The lowest BCUT2D eigenvalue weighted by Gasteiger charge is -2.17. The quantitative estimate of drug-likeness (QED) is 0.728. The monoisotopic (exact) mass is 372 g/mol. The van der Waals surface area contributed by atoms with Gasteiger partial charge >= 0.3 is 0 Å². The van der Waals surface area contributed by atoms with Crippen molar-refractivity contribution in [2.75, 3.05) is 18.0 Å². The summed E-state index contributed by atoms with van der Waals surface area (Å²) in [5.41, 5.74) is 1.28. The lowest BCUT2D eigenvalue weighted by atomic mass is 10.3. The van der Waals surface area contributed by atoms with E-state index in [0.29, 0.717) is 17.4 Å². The number of carbonyl (C=O) groups excluding carboxylic acids is 3. The van der Waals surface area contributed by atoms with E-state index in [-0.39, 0.29) is 18.4 Å². The predicted octanol–water partition coefficient (Wildman–Crippen LogP) is 2.09. The molecule has 0 saturated heterocycles. The molecule has 8 heteroatoms. The largest absolute Gasteiger partial charge is 0.355 e. The molecule has 1 aromatic carbocycles. The molecule has 0 aliphatic heterocycles. The SMILES string of the molecule is CCNC(=O)CNC(=O)/C=C/c1csc(N(C(C)=O)c2ccccc2)n1. The zero-order valence-corrected chi connectivity index (χ0v) is 15.4.